The molecule has 0 unspecified atom stereocenters. The Labute approximate surface area is 125 Å². The number of sulfonamides is 1. The predicted octanol–water partition coefficient (Wildman–Crippen LogP) is 1.30. The maximum absolute atomic E-state index is 12.2. The first kappa shape index (κ1) is 17.2. The van der Waals surface area contributed by atoms with Crippen LogP contribution >= 0.6 is 0 Å². The largest absolute Gasteiger partial charge is 0.495 e. The van der Waals surface area contributed by atoms with Gasteiger partial charge < -0.3 is 10.1 Å². The van der Waals surface area contributed by atoms with Crippen molar-refractivity contribution in [1.29, 1.82) is 0 Å². The number of hydrogen-bond donors (Lipinski definition) is 2. The van der Waals surface area contributed by atoms with E-state index < -0.39 is 10.0 Å². The molecule has 1 aromatic carbocycles. The van der Waals surface area contributed by atoms with E-state index in [2.05, 4.69) is 16.6 Å². The molecule has 0 saturated heterocycles. The minimum atomic E-state index is -3.72. The number of carbonyl (C=O) groups excluding carboxylic acids is 1. The lowest BCUT2D eigenvalue weighted by molar-refractivity contribution is 0.0957. The Morgan fingerprint density at radius 3 is 2.71 bits per heavy atom. The first-order valence-corrected chi connectivity index (χ1v) is 8.01. The summed E-state index contributed by atoms with van der Waals surface area (Å²) in [5.74, 6) is -0.177. The highest BCUT2D eigenvalue weighted by atomic mass is 32.2. The molecule has 6 nitrogen and oxygen atoms in total. The molecule has 0 saturated carbocycles. The molecule has 1 aromatic rings. The summed E-state index contributed by atoms with van der Waals surface area (Å²) in [6, 6.07) is 4.27. The van der Waals surface area contributed by atoms with Crippen LogP contribution in [0.2, 0.25) is 0 Å². The van der Waals surface area contributed by atoms with Crippen LogP contribution in [0.4, 0.5) is 0 Å². The van der Waals surface area contributed by atoms with Crippen LogP contribution in [-0.4, -0.2) is 34.5 Å². The number of amides is 1. The molecule has 0 bridgehead atoms. The fourth-order valence-electron chi connectivity index (χ4n) is 1.61. The fraction of sp³-hybridized carbons (Fsp3) is 0.357. The highest BCUT2D eigenvalue weighted by Crippen LogP contribution is 2.24. The zero-order chi connectivity index (χ0) is 15.9. The Balaban J connectivity index is 3.17. The smallest absolute Gasteiger partial charge is 0.251 e. The van der Waals surface area contributed by atoms with E-state index >= 15 is 0 Å². The van der Waals surface area contributed by atoms with E-state index in [1.807, 2.05) is 6.92 Å². The third-order valence-corrected chi connectivity index (χ3v) is 4.15. The lowest BCUT2D eigenvalue weighted by atomic mass is 10.2. The molecule has 0 heterocycles. The van der Waals surface area contributed by atoms with Gasteiger partial charge in [0.1, 0.15) is 10.6 Å². The van der Waals surface area contributed by atoms with Gasteiger partial charge in [0.25, 0.3) is 5.91 Å². The van der Waals surface area contributed by atoms with Gasteiger partial charge >= 0.3 is 0 Å². The molecule has 0 spiro atoms. The van der Waals surface area contributed by atoms with Crippen LogP contribution in [-0.2, 0) is 10.0 Å². The number of carbonyl (C=O) groups is 1. The minimum Gasteiger partial charge on any atom is -0.495 e. The Hall–Kier alpha value is -1.86. The summed E-state index contributed by atoms with van der Waals surface area (Å²) in [7, 11) is -2.34. The lowest BCUT2D eigenvalue weighted by Crippen LogP contribution is -2.26. The van der Waals surface area contributed by atoms with Gasteiger partial charge in [-0.2, -0.15) is 0 Å². The van der Waals surface area contributed by atoms with Crippen LogP contribution in [0.5, 0.6) is 5.75 Å². The molecule has 0 aromatic heterocycles. The summed E-state index contributed by atoms with van der Waals surface area (Å²) in [5, 5.41) is 2.59. The second-order valence-electron chi connectivity index (χ2n) is 4.26. The number of ether oxygens (including phenoxy) is 1. The van der Waals surface area contributed by atoms with Crippen molar-refractivity contribution in [2.24, 2.45) is 0 Å². The van der Waals surface area contributed by atoms with Crippen LogP contribution in [0.15, 0.2) is 35.7 Å². The van der Waals surface area contributed by atoms with Gasteiger partial charge in [0.05, 0.1) is 7.11 Å². The van der Waals surface area contributed by atoms with E-state index in [9.17, 15) is 13.2 Å². The lowest BCUT2D eigenvalue weighted by Gasteiger charge is -2.12. The number of benzene rings is 1. The molecule has 0 aliphatic heterocycles. The van der Waals surface area contributed by atoms with Crippen molar-refractivity contribution >= 4 is 15.9 Å². The van der Waals surface area contributed by atoms with Gasteiger partial charge in [0.15, 0.2) is 0 Å². The number of nitrogens with one attached hydrogen (secondary N) is 2. The molecule has 1 rings (SSSR count). The number of methoxy groups -OCH3 is 1. The van der Waals surface area contributed by atoms with E-state index in [-0.39, 0.29) is 22.1 Å². The van der Waals surface area contributed by atoms with E-state index in [4.69, 9.17) is 4.74 Å². The van der Waals surface area contributed by atoms with Gasteiger partial charge in [-0.3, -0.25) is 4.79 Å². The molecule has 7 heteroatoms. The predicted molar refractivity (Wildman–Crippen MR) is 81.0 cm³/mol. The average Bonchev–Trinajstić information content (AvgIpc) is 2.49. The molecule has 2 N–H and O–H groups in total. The second-order valence-corrected chi connectivity index (χ2v) is 6.00. The summed E-state index contributed by atoms with van der Waals surface area (Å²) in [5.41, 5.74) is 0.245. The van der Waals surface area contributed by atoms with E-state index in [0.29, 0.717) is 19.5 Å². The fourth-order valence-corrected chi connectivity index (χ4v) is 2.94. The molecule has 0 atom stereocenters. The average molecular weight is 312 g/mol. The number of rotatable bonds is 8. The van der Waals surface area contributed by atoms with Crippen molar-refractivity contribution in [3.8, 4) is 5.75 Å². The SMILES string of the molecule is C=CCNC(=O)c1ccc(OC)c(S(=O)(=O)NCCC)c1. The maximum atomic E-state index is 12.2. The second kappa shape index (κ2) is 7.80. The first-order valence-electron chi connectivity index (χ1n) is 6.53. The Morgan fingerprint density at radius 1 is 1.43 bits per heavy atom. The van der Waals surface area contributed by atoms with E-state index in [1.54, 1.807) is 6.08 Å². The molecular weight excluding hydrogens is 292 g/mol. The summed E-state index contributed by atoms with van der Waals surface area (Å²) in [6.45, 7) is 5.99. The van der Waals surface area contributed by atoms with Crippen molar-refractivity contribution in [2.75, 3.05) is 20.2 Å². The van der Waals surface area contributed by atoms with Crippen LogP contribution in [0, 0.1) is 0 Å². The van der Waals surface area contributed by atoms with Crippen molar-refractivity contribution in [2.45, 2.75) is 18.2 Å². The summed E-state index contributed by atoms with van der Waals surface area (Å²) in [4.78, 5) is 11.8. The summed E-state index contributed by atoms with van der Waals surface area (Å²) < 4.78 is 32.0. The number of hydrogen-bond acceptors (Lipinski definition) is 4. The Morgan fingerprint density at radius 2 is 2.14 bits per heavy atom. The third kappa shape index (κ3) is 4.57. The zero-order valence-corrected chi connectivity index (χ0v) is 13.0. The molecule has 21 heavy (non-hydrogen) atoms. The van der Waals surface area contributed by atoms with Gasteiger partial charge in [0.2, 0.25) is 10.0 Å². The molecule has 0 radical (unpaired) electrons. The summed E-state index contributed by atoms with van der Waals surface area (Å²) >= 11 is 0. The summed E-state index contributed by atoms with van der Waals surface area (Å²) in [6.07, 6.45) is 2.21. The van der Waals surface area contributed by atoms with Gasteiger partial charge in [-0.05, 0) is 24.6 Å². The van der Waals surface area contributed by atoms with Gasteiger partial charge in [0, 0.05) is 18.7 Å². The van der Waals surface area contributed by atoms with Crippen molar-refractivity contribution in [1.82, 2.24) is 10.0 Å². The van der Waals surface area contributed by atoms with Crippen molar-refractivity contribution in [3.63, 3.8) is 0 Å². The first-order chi connectivity index (χ1) is 9.96. The van der Waals surface area contributed by atoms with Crippen molar-refractivity contribution in [3.05, 3.63) is 36.4 Å². The monoisotopic (exact) mass is 312 g/mol. The minimum absolute atomic E-state index is 0.0512. The standard InChI is InChI=1S/C14H20N2O4S/c1-4-8-15-14(17)11-6-7-12(20-3)13(10-11)21(18,19)16-9-5-2/h4,6-7,10,16H,1,5,8-9H2,2-3H3,(H,15,17). The van der Waals surface area contributed by atoms with Crippen LogP contribution in [0.25, 0.3) is 0 Å². The molecule has 0 aliphatic carbocycles. The highest BCUT2D eigenvalue weighted by Gasteiger charge is 2.21. The normalized spacial score (nSPS) is 11.0. The quantitative estimate of drug-likeness (QED) is 0.709. The molecule has 0 aliphatic rings. The van der Waals surface area contributed by atoms with Gasteiger partial charge in [-0.1, -0.05) is 13.0 Å². The van der Waals surface area contributed by atoms with Gasteiger partial charge in [-0.15, -0.1) is 6.58 Å². The molecule has 0 fully saturated rings. The molecular formula is C14H20N2O4S. The zero-order valence-electron chi connectivity index (χ0n) is 12.2. The third-order valence-electron chi connectivity index (χ3n) is 2.66. The molecule has 1 amide bonds. The van der Waals surface area contributed by atoms with Gasteiger partial charge in [-0.25, -0.2) is 13.1 Å². The Bertz CT molecular complexity index is 611. The van der Waals surface area contributed by atoms with Crippen LogP contribution < -0.4 is 14.8 Å². The maximum Gasteiger partial charge on any atom is 0.251 e. The van der Waals surface area contributed by atoms with Crippen molar-refractivity contribution < 1.29 is 17.9 Å². The van der Waals surface area contributed by atoms with Crippen LogP contribution in [0.3, 0.4) is 0 Å². The van der Waals surface area contributed by atoms with E-state index in [1.165, 1.54) is 25.3 Å². The topological polar surface area (TPSA) is 84.5 Å². The molecule has 116 valence electrons. The Kier molecular flexibility index (Phi) is 6.39. The highest BCUT2D eigenvalue weighted by molar-refractivity contribution is 7.89. The van der Waals surface area contributed by atoms with E-state index in [0.717, 1.165) is 0 Å². The van der Waals surface area contributed by atoms with Crippen LogP contribution in [0.1, 0.15) is 23.7 Å².